The summed E-state index contributed by atoms with van der Waals surface area (Å²) >= 11 is 7.74. The van der Waals surface area contributed by atoms with Crippen molar-refractivity contribution in [2.24, 2.45) is 5.16 Å². The molecule has 5 nitrogen and oxygen atoms in total. The van der Waals surface area contributed by atoms with E-state index < -0.39 is 11.8 Å². The summed E-state index contributed by atoms with van der Waals surface area (Å²) in [5.41, 5.74) is 3.87. The number of hydrogen-bond acceptors (Lipinski definition) is 5. The molecule has 0 saturated carbocycles. The second-order valence-electron chi connectivity index (χ2n) is 7.27. The Morgan fingerprint density at radius 1 is 1.13 bits per heavy atom. The molecule has 2 heterocycles. The molecule has 0 atom stereocenters. The van der Waals surface area contributed by atoms with Crippen molar-refractivity contribution >= 4 is 40.1 Å². The van der Waals surface area contributed by atoms with Crippen LogP contribution in [0.2, 0.25) is 5.02 Å². The third kappa shape index (κ3) is 3.86. The van der Waals surface area contributed by atoms with Gasteiger partial charge in [0.05, 0.1) is 23.2 Å². The summed E-state index contributed by atoms with van der Waals surface area (Å²) in [6, 6.07) is 12.6. The number of rotatable bonds is 4. The summed E-state index contributed by atoms with van der Waals surface area (Å²) in [4.78, 5) is 24.4. The minimum atomic E-state index is -0.655. The van der Waals surface area contributed by atoms with E-state index >= 15 is 0 Å². The zero-order valence-electron chi connectivity index (χ0n) is 16.3. The number of fused-ring (bicyclic) bond motifs is 3. The van der Waals surface area contributed by atoms with Gasteiger partial charge in [-0.05, 0) is 62.1 Å². The number of thiazole rings is 1. The van der Waals surface area contributed by atoms with E-state index in [0.717, 1.165) is 41.2 Å². The minimum Gasteiger partial charge on any atom is -0.313 e. The van der Waals surface area contributed by atoms with Crippen LogP contribution >= 0.6 is 22.9 Å². The molecule has 0 N–H and O–H groups in total. The highest BCUT2D eigenvalue weighted by Gasteiger charge is 2.22. The lowest BCUT2D eigenvalue weighted by atomic mass is 10.0. The van der Waals surface area contributed by atoms with Crippen LogP contribution in [0.25, 0.3) is 16.2 Å². The van der Waals surface area contributed by atoms with Crippen LogP contribution in [0.4, 0.5) is 4.39 Å². The van der Waals surface area contributed by atoms with Gasteiger partial charge in [0.2, 0.25) is 0 Å². The van der Waals surface area contributed by atoms with Crippen molar-refractivity contribution in [1.29, 1.82) is 0 Å². The SMILES string of the molecule is O=C(O/N=C/c1c(-c2ccc(Cl)cc2)nc2sc3c(n12)CCCC3)c1ccc(F)cc1. The van der Waals surface area contributed by atoms with Gasteiger partial charge in [0.1, 0.15) is 5.82 Å². The van der Waals surface area contributed by atoms with Gasteiger partial charge < -0.3 is 4.84 Å². The van der Waals surface area contributed by atoms with Crippen LogP contribution in [0.5, 0.6) is 0 Å². The Bertz CT molecular complexity index is 1290. The first-order valence-corrected chi connectivity index (χ1v) is 11.1. The molecule has 0 spiro atoms. The minimum absolute atomic E-state index is 0.225. The van der Waals surface area contributed by atoms with Gasteiger partial charge in [0, 0.05) is 21.2 Å². The van der Waals surface area contributed by atoms with Gasteiger partial charge in [-0.3, -0.25) is 4.40 Å². The predicted molar refractivity (Wildman–Crippen MR) is 120 cm³/mol. The lowest BCUT2D eigenvalue weighted by Crippen LogP contribution is -2.06. The Balaban J connectivity index is 1.53. The van der Waals surface area contributed by atoms with Gasteiger partial charge in [-0.25, -0.2) is 14.2 Å². The zero-order chi connectivity index (χ0) is 21.4. The maximum absolute atomic E-state index is 13.1. The Morgan fingerprint density at radius 3 is 2.65 bits per heavy atom. The lowest BCUT2D eigenvalue weighted by Gasteiger charge is -2.11. The molecule has 0 fully saturated rings. The summed E-state index contributed by atoms with van der Waals surface area (Å²) in [7, 11) is 0. The standard InChI is InChI=1S/C23H17ClFN3O2S/c24-16-9-5-14(6-10-16)21-19(13-26-30-22(29)15-7-11-17(25)12-8-15)28-18-3-1-2-4-20(18)31-23(28)27-21/h5-13H,1-4H2/b26-13+. The van der Waals surface area contributed by atoms with Gasteiger partial charge in [0.15, 0.2) is 4.96 Å². The van der Waals surface area contributed by atoms with Crippen LogP contribution in [0.3, 0.4) is 0 Å². The highest BCUT2D eigenvalue weighted by molar-refractivity contribution is 7.17. The molecule has 0 radical (unpaired) electrons. The Kier molecular flexibility index (Phi) is 5.29. The molecule has 31 heavy (non-hydrogen) atoms. The van der Waals surface area contributed by atoms with Crippen molar-refractivity contribution in [1.82, 2.24) is 9.38 Å². The molecule has 1 aliphatic rings. The molecule has 0 aliphatic heterocycles. The topological polar surface area (TPSA) is 56.0 Å². The molecule has 156 valence electrons. The van der Waals surface area contributed by atoms with Crippen LogP contribution < -0.4 is 0 Å². The summed E-state index contributed by atoms with van der Waals surface area (Å²) in [6.07, 6.45) is 5.85. The summed E-state index contributed by atoms with van der Waals surface area (Å²) in [6.45, 7) is 0. The summed E-state index contributed by atoms with van der Waals surface area (Å²) < 4.78 is 15.2. The van der Waals surface area contributed by atoms with Crippen molar-refractivity contribution < 1.29 is 14.0 Å². The maximum Gasteiger partial charge on any atom is 0.365 e. The summed E-state index contributed by atoms with van der Waals surface area (Å²) in [5.74, 6) is -1.08. The Labute approximate surface area is 186 Å². The number of aryl methyl sites for hydroxylation is 2. The van der Waals surface area contributed by atoms with E-state index in [1.54, 1.807) is 11.3 Å². The number of oxime groups is 1. The zero-order valence-corrected chi connectivity index (χ0v) is 17.9. The number of imidazole rings is 1. The molecule has 1 aliphatic carbocycles. The molecule has 0 saturated heterocycles. The number of benzene rings is 2. The van der Waals surface area contributed by atoms with Crippen LogP contribution in [-0.4, -0.2) is 21.6 Å². The number of halogens is 2. The quantitative estimate of drug-likeness (QED) is 0.219. The molecule has 0 unspecified atom stereocenters. The van der Waals surface area contributed by atoms with E-state index in [1.165, 1.54) is 47.5 Å². The van der Waals surface area contributed by atoms with Crippen molar-refractivity contribution in [3.63, 3.8) is 0 Å². The summed E-state index contributed by atoms with van der Waals surface area (Å²) in [5, 5.41) is 4.59. The largest absolute Gasteiger partial charge is 0.365 e. The number of carbonyl (C=O) groups is 1. The molecule has 4 aromatic rings. The average Bonchev–Trinajstić information content (AvgIpc) is 3.31. The molecule has 2 aromatic carbocycles. The van der Waals surface area contributed by atoms with Crippen molar-refractivity contribution in [2.45, 2.75) is 25.7 Å². The number of hydrogen-bond donors (Lipinski definition) is 0. The number of carbonyl (C=O) groups excluding carboxylic acids is 1. The Morgan fingerprint density at radius 2 is 1.87 bits per heavy atom. The fraction of sp³-hybridized carbons (Fsp3) is 0.174. The monoisotopic (exact) mass is 453 g/mol. The highest BCUT2D eigenvalue weighted by Crippen LogP contribution is 2.34. The van der Waals surface area contributed by atoms with Crippen LogP contribution in [-0.2, 0) is 17.7 Å². The molecular weight excluding hydrogens is 437 g/mol. The predicted octanol–water partition coefficient (Wildman–Crippen LogP) is 5.93. The van der Waals surface area contributed by atoms with Crippen molar-refractivity contribution in [3.8, 4) is 11.3 Å². The fourth-order valence-corrected chi connectivity index (χ4v) is 5.10. The first-order valence-electron chi connectivity index (χ1n) is 9.89. The first kappa shape index (κ1) is 19.9. The second-order valence-corrected chi connectivity index (χ2v) is 8.77. The third-order valence-electron chi connectivity index (χ3n) is 5.26. The van der Waals surface area contributed by atoms with E-state index in [9.17, 15) is 9.18 Å². The smallest absolute Gasteiger partial charge is 0.313 e. The molecule has 0 bridgehead atoms. The van der Waals surface area contributed by atoms with Crippen LogP contribution in [0.1, 0.15) is 39.5 Å². The molecular formula is C23H17ClFN3O2S. The molecule has 5 rings (SSSR count). The highest BCUT2D eigenvalue weighted by atomic mass is 35.5. The Hall–Kier alpha value is -3.03. The fourth-order valence-electron chi connectivity index (χ4n) is 3.76. The molecule has 0 amide bonds. The molecule has 8 heteroatoms. The second kappa shape index (κ2) is 8.24. The molecule has 2 aromatic heterocycles. The average molecular weight is 454 g/mol. The maximum atomic E-state index is 13.1. The number of nitrogens with zero attached hydrogens (tertiary/aromatic N) is 3. The van der Waals surface area contributed by atoms with E-state index in [2.05, 4.69) is 9.56 Å². The first-order chi connectivity index (χ1) is 15.1. The van der Waals surface area contributed by atoms with E-state index in [-0.39, 0.29) is 5.56 Å². The van der Waals surface area contributed by atoms with Gasteiger partial charge in [0.25, 0.3) is 0 Å². The van der Waals surface area contributed by atoms with Gasteiger partial charge >= 0.3 is 5.97 Å². The van der Waals surface area contributed by atoms with Crippen LogP contribution in [0, 0.1) is 5.82 Å². The normalized spacial score (nSPS) is 13.6. The van der Waals surface area contributed by atoms with E-state index in [0.29, 0.717) is 5.02 Å². The van der Waals surface area contributed by atoms with E-state index in [4.69, 9.17) is 21.4 Å². The lowest BCUT2D eigenvalue weighted by molar-refractivity contribution is 0.0519. The van der Waals surface area contributed by atoms with Crippen LogP contribution in [0.15, 0.2) is 53.7 Å². The van der Waals surface area contributed by atoms with Gasteiger partial charge in [-0.1, -0.05) is 28.9 Å². The van der Waals surface area contributed by atoms with Gasteiger partial charge in [-0.15, -0.1) is 11.3 Å². The van der Waals surface area contributed by atoms with Gasteiger partial charge in [-0.2, -0.15) is 0 Å². The van der Waals surface area contributed by atoms with E-state index in [1.807, 2.05) is 24.3 Å². The number of aromatic nitrogens is 2. The van der Waals surface area contributed by atoms with Crippen molar-refractivity contribution in [3.05, 3.63) is 81.2 Å². The third-order valence-corrected chi connectivity index (χ3v) is 6.66. The van der Waals surface area contributed by atoms with Crippen molar-refractivity contribution in [2.75, 3.05) is 0 Å².